The standard InChI is InChI=1S/C11H18N4O/c1-3-4-11(12)6-15(7-11)9-5-10(16)14-8(2)13-9/h5H,3-4,6-7,12H2,1-2H3,(H,13,14,16). The predicted octanol–water partition coefficient (Wildman–Crippen LogP) is 0.396. The summed E-state index contributed by atoms with van der Waals surface area (Å²) in [4.78, 5) is 20.3. The van der Waals surface area contributed by atoms with Crippen LogP contribution in [0, 0.1) is 6.92 Å². The fourth-order valence-corrected chi connectivity index (χ4v) is 2.26. The molecule has 1 aliphatic heterocycles. The summed E-state index contributed by atoms with van der Waals surface area (Å²) in [6, 6.07) is 1.53. The Morgan fingerprint density at radius 2 is 2.31 bits per heavy atom. The Morgan fingerprint density at radius 1 is 1.62 bits per heavy atom. The molecule has 1 aromatic heterocycles. The highest BCUT2D eigenvalue weighted by molar-refractivity contribution is 5.43. The number of rotatable bonds is 3. The SMILES string of the molecule is CCCC1(N)CN(c2cc(=O)[nH]c(C)n2)C1. The molecule has 0 bridgehead atoms. The van der Waals surface area contributed by atoms with E-state index in [1.807, 2.05) is 0 Å². The van der Waals surface area contributed by atoms with Crippen molar-refractivity contribution in [3.63, 3.8) is 0 Å². The molecule has 16 heavy (non-hydrogen) atoms. The molecule has 5 nitrogen and oxygen atoms in total. The number of anilines is 1. The zero-order chi connectivity index (χ0) is 11.8. The lowest BCUT2D eigenvalue weighted by atomic mass is 9.86. The number of aryl methyl sites for hydroxylation is 1. The maximum atomic E-state index is 11.3. The minimum absolute atomic E-state index is 0.0903. The van der Waals surface area contributed by atoms with Crippen molar-refractivity contribution < 1.29 is 0 Å². The maximum Gasteiger partial charge on any atom is 0.252 e. The molecule has 5 heteroatoms. The van der Waals surface area contributed by atoms with E-state index in [1.54, 1.807) is 6.92 Å². The van der Waals surface area contributed by atoms with Crippen LogP contribution in [0.3, 0.4) is 0 Å². The predicted molar refractivity (Wildman–Crippen MR) is 63.6 cm³/mol. The van der Waals surface area contributed by atoms with Crippen LogP contribution in [-0.2, 0) is 0 Å². The molecule has 0 amide bonds. The lowest BCUT2D eigenvalue weighted by Gasteiger charge is -2.48. The zero-order valence-electron chi connectivity index (χ0n) is 9.79. The van der Waals surface area contributed by atoms with E-state index in [2.05, 4.69) is 21.8 Å². The number of nitrogens with one attached hydrogen (secondary N) is 1. The lowest BCUT2D eigenvalue weighted by Crippen LogP contribution is -2.67. The molecule has 1 saturated heterocycles. The van der Waals surface area contributed by atoms with Gasteiger partial charge < -0.3 is 15.6 Å². The van der Waals surface area contributed by atoms with Crippen LogP contribution < -0.4 is 16.2 Å². The molecule has 1 fully saturated rings. The average molecular weight is 222 g/mol. The Bertz CT molecular complexity index is 434. The van der Waals surface area contributed by atoms with E-state index in [0.717, 1.165) is 31.7 Å². The van der Waals surface area contributed by atoms with Crippen LogP contribution in [0.4, 0.5) is 5.82 Å². The van der Waals surface area contributed by atoms with Gasteiger partial charge in [0.1, 0.15) is 11.6 Å². The quantitative estimate of drug-likeness (QED) is 0.776. The van der Waals surface area contributed by atoms with E-state index >= 15 is 0 Å². The average Bonchev–Trinajstić information content (AvgIpc) is 2.12. The van der Waals surface area contributed by atoms with Gasteiger partial charge in [0.25, 0.3) is 5.56 Å². The molecule has 0 radical (unpaired) electrons. The van der Waals surface area contributed by atoms with Gasteiger partial charge in [0, 0.05) is 19.2 Å². The first-order chi connectivity index (χ1) is 7.52. The van der Waals surface area contributed by atoms with E-state index in [-0.39, 0.29) is 11.1 Å². The van der Waals surface area contributed by atoms with Crippen molar-refractivity contribution in [3.8, 4) is 0 Å². The first-order valence-corrected chi connectivity index (χ1v) is 5.64. The molecule has 1 aliphatic rings. The second-order valence-corrected chi connectivity index (χ2v) is 4.66. The molecule has 0 atom stereocenters. The molecule has 0 unspecified atom stereocenters. The maximum absolute atomic E-state index is 11.3. The van der Waals surface area contributed by atoms with Crippen molar-refractivity contribution in [3.05, 3.63) is 22.2 Å². The summed E-state index contributed by atoms with van der Waals surface area (Å²) in [6.45, 7) is 5.49. The second kappa shape index (κ2) is 3.90. The third-order valence-electron chi connectivity index (χ3n) is 2.93. The van der Waals surface area contributed by atoms with Crippen molar-refractivity contribution in [1.82, 2.24) is 9.97 Å². The molecular weight excluding hydrogens is 204 g/mol. The van der Waals surface area contributed by atoms with Gasteiger partial charge in [0.2, 0.25) is 0 Å². The van der Waals surface area contributed by atoms with E-state index in [4.69, 9.17) is 5.73 Å². The lowest BCUT2D eigenvalue weighted by molar-refractivity contribution is 0.305. The van der Waals surface area contributed by atoms with E-state index in [9.17, 15) is 4.79 Å². The van der Waals surface area contributed by atoms with Gasteiger partial charge in [-0.1, -0.05) is 13.3 Å². The van der Waals surface area contributed by atoms with Crippen molar-refractivity contribution in [2.24, 2.45) is 5.73 Å². The number of nitrogens with two attached hydrogens (primary N) is 1. The summed E-state index contributed by atoms with van der Waals surface area (Å²) in [5.74, 6) is 1.38. The first-order valence-electron chi connectivity index (χ1n) is 5.64. The van der Waals surface area contributed by atoms with Gasteiger partial charge in [0.05, 0.1) is 5.54 Å². The molecule has 0 spiro atoms. The molecule has 1 aromatic rings. The van der Waals surface area contributed by atoms with E-state index in [1.165, 1.54) is 6.07 Å². The minimum atomic E-state index is -0.104. The van der Waals surface area contributed by atoms with Gasteiger partial charge in [-0.05, 0) is 13.3 Å². The van der Waals surface area contributed by atoms with Crippen molar-refractivity contribution in [2.45, 2.75) is 32.2 Å². The van der Waals surface area contributed by atoms with Crippen LogP contribution in [-0.4, -0.2) is 28.6 Å². The molecular formula is C11H18N4O. The highest BCUT2D eigenvalue weighted by Gasteiger charge is 2.39. The molecule has 0 aromatic carbocycles. The largest absolute Gasteiger partial charge is 0.353 e. The van der Waals surface area contributed by atoms with E-state index < -0.39 is 0 Å². The van der Waals surface area contributed by atoms with Crippen LogP contribution in [0.5, 0.6) is 0 Å². The summed E-state index contributed by atoms with van der Waals surface area (Å²) in [6.07, 6.45) is 2.11. The van der Waals surface area contributed by atoms with Gasteiger partial charge >= 0.3 is 0 Å². The van der Waals surface area contributed by atoms with Crippen LogP contribution in [0.2, 0.25) is 0 Å². The molecule has 0 saturated carbocycles. The van der Waals surface area contributed by atoms with Crippen LogP contribution >= 0.6 is 0 Å². The Labute approximate surface area is 94.7 Å². The van der Waals surface area contributed by atoms with Crippen molar-refractivity contribution in [2.75, 3.05) is 18.0 Å². The number of nitrogens with zero attached hydrogens (tertiary/aromatic N) is 2. The summed E-state index contributed by atoms with van der Waals surface area (Å²) < 4.78 is 0. The first kappa shape index (κ1) is 11.1. The fourth-order valence-electron chi connectivity index (χ4n) is 2.26. The molecule has 0 aliphatic carbocycles. The van der Waals surface area contributed by atoms with Gasteiger partial charge in [-0.25, -0.2) is 4.98 Å². The number of hydrogen-bond acceptors (Lipinski definition) is 4. The Balaban J connectivity index is 2.09. The van der Waals surface area contributed by atoms with E-state index in [0.29, 0.717) is 5.82 Å². The topological polar surface area (TPSA) is 75.0 Å². The van der Waals surface area contributed by atoms with Crippen molar-refractivity contribution in [1.29, 1.82) is 0 Å². The highest BCUT2D eigenvalue weighted by atomic mass is 16.1. The number of hydrogen-bond donors (Lipinski definition) is 2. The highest BCUT2D eigenvalue weighted by Crippen LogP contribution is 2.26. The molecule has 3 N–H and O–H groups in total. The van der Waals surface area contributed by atoms with Gasteiger partial charge in [-0.3, -0.25) is 4.79 Å². The molecule has 2 rings (SSSR count). The third-order valence-corrected chi connectivity index (χ3v) is 2.93. The van der Waals surface area contributed by atoms with Crippen LogP contribution in [0.15, 0.2) is 10.9 Å². The Kier molecular flexibility index (Phi) is 2.71. The second-order valence-electron chi connectivity index (χ2n) is 4.66. The number of H-pyrrole nitrogens is 1. The molecule has 88 valence electrons. The summed E-state index contributed by atoms with van der Waals surface area (Å²) in [7, 11) is 0. The number of aromatic nitrogens is 2. The Morgan fingerprint density at radius 3 is 2.88 bits per heavy atom. The normalized spacial score (nSPS) is 18.3. The monoisotopic (exact) mass is 222 g/mol. The van der Waals surface area contributed by atoms with Gasteiger partial charge in [-0.2, -0.15) is 0 Å². The summed E-state index contributed by atoms with van der Waals surface area (Å²) in [5.41, 5.74) is 5.97. The molecule has 2 heterocycles. The van der Waals surface area contributed by atoms with Gasteiger partial charge in [0.15, 0.2) is 0 Å². The summed E-state index contributed by atoms with van der Waals surface area (Å²) >= 11 is 0. The summed E-state index contributed by atoms with van der Waals surface area (Å²) in [5, 5.41) is 0. The zero-order valence-corrected chi connectivity index (χ0v) is 9.79. The van der Waals surface area contributed by atoms with Crippen LogP contribution in [0.25, 0.3) is 0 Å². The van der Waals surface area contributed by atoms with Gasteiger partial charge in [-0.15, -0.1) is 0 Å². The van der Waals surface area contributed by atoms with Crippen molar-refractivity contribution >= 4 is 5.82 Å². The third kappa shape index (κ3) is 2.09. The minimum Gasteiger partial charge on any atom is -0.353 e. The van der Waals surface area contributed by atoms with Crippen LogP contribution in [0.1, 0.15) is 25.6 Å². The Hall–Kier alpha value is -1.36. The smallest absolute Gasteiger partial charge is 0.252 e. The number of aromatic amines is 1. The fraction of sp³-hybridized carbons (Fsp3) is 0.636.